The summed E-state index contributed by atoms with van der Waals surface area (Å²) in [7, 11) is 2.10. The van der Waals surface area contributed by atoms with Gasteiger partial charge in [-0.25, -0.2) is 9.18 Å². The number of likely N-dealkylation sites (N-methyl/N-ethyl adjacent to an activating group) is 1. The molecule has 5 heteroatoms. The van der Waals surface area contributed by atoms with Crippen LogP contribution in [0.1, 0.15) is 29.8 Å². The average Bonchev–Trinajstić information content (AvgIpc) is 2.38. The van der Waals surface area contributed by atoms with Crippen LogP contribution in [0.5, 0.6) is 0 Å². The van der Waals surface area contributed by atoms with Crippen LogP contribution in [-0.4, -0.2) is 53.1 Å². The van der Waals surface area contributed by atoms with Crippen LogP contribution in [0, 0.1) is 5.82 Å². The summed E-state index contributed by atoms with van der Waals surface area (Å²) in [4.78, 5) is 15.4. The maximum absolute atomic E-state index is 13.8. The van der Waals surface area contributed by atoms with E-state index in [4.69, 9.17) is 5.11 Å². The van der Waals surface area contributed by atoms with E-state index in [1.807, 2.05) is 0 Å². The molecule has 1 aliphatic heterocycles. The second-order valence-electron chi connectivity index (χ2n) is 5.67. The highest BCUT2D eigenvalue weighted by Gasteiger charge is 2.26. The van der Waals surface area contributed by atoms with Crippen molar-refractivity contribution >= 4 is 5.97 Å². The van der Waals surface area contributed by atoms with Crippen LogP contribution in [0.15, 0.2) is 18.2 Å². The van der Waals surface area contributed by atoms with Crippen LogP contribution < -0.4 is 0 Å². The van der Waals surface area contributed by atoms with Gasteiger partial charge in [-0.3, -0.25) is 9.80 Å². The number of rotatable bonds is 3. The zero-order valence-corrected chi connectivity index (χ0v) is 12.1. The van der Waals surface area contributed by atoms with Crippen molar-refractivity contribution in [3.8, 4) is 0 Å². The van der Waals surface area contributed by atoms with Gasteiger partial charge in [0.25, 0.3) is 0 Å². The molecule has 0 saturated carbocycles. The summed E-state index contributed by atoms with van der Waals surface area (Å²) in [5, 5.41) is 8.98. The van der Waals surface area contributed by atoms with Crippen molar-refractivity contribution in [1.29, 1.82) is 0 Å². The van der Waals surface area contributed by atoms with Gasteiger partial charge < -0.3 is 5.11 Å². The number of carboxylic acid groups (broad SMARTS) is 1. The second kappa shape index (κ2) is 5.89. The predicted molar refractivity (Wildman–Crippen MR) is 75.3 cm³/mol. The van der Waals surface area contributed by atoms with E-state index < -0.39 is 5.97 Å². The van der Waals surface area contributed by atoms with Gasteiger partial charge in [-0.1, -0.05) is 0 Å². The van der Waals surface area contributed by atoms with Crippen LogP contribution in [0.4, 0.5) is 4.39 Å². The fourth-order valence-corrected chi connectivity index (χ4v) is 2.71. The fraction of sp³-hybridized carbons (Fsp3) is 0.533. The van der Waals surface area contributed by atoms with Crippen LogP contribution in [0.25, 0.3) is 0 Å². The van der Waals surface area contributed by atoms with E-state index >= 15 is 0 Å². The predicted octanol–water partition coefficient (Wildman–Crippen LogP) is 2.05. The zero-order valence-electron chi connectivity index (χ0n) is 12.1. The third-order valence-electron chi connectivity index (χ3n) is 4.12. The zero-order chi connectivity index (χ0) is 14.9. The maximum atomic E-state index is 13.8. The van der Waals surface area contributed by atoms with Gasteiger partial charge in [0, 0.05) is 37.3 Å². The van der Waals surface area contributed by atoms with Gasteiger partial charge >= 0.3 is 5.97 Å². The molecule has 1 aromatic rings. The number of halogens is 1. The molecule has 0 amide bonds. The van der Waals surface area contributed by atoms with Crippen LogP contribution >= 0.6 is 0 Å². The van der Waals surface area contributed by atoms with Gasteiger partial charge in [-0.2, -0.15) is 0 Å². The van der Waals surface area contributed by atoms with Crippen LogP contribution in [0.2, 0.25) is 0 Å². The molecule has 0 spiro atoms. The number of benzene rings is 1. The van der Waals surface area contributed by atoms with E-state index in [1.54, 1.807) is 0 Å². The molecule has 0 aliphatic carbocycles. The van der Waals surface area contributed by atoms with Gasteiger partial charge in [0.05, 0.1) is 5.56 Å². The molecule has 1 aliphatic rings. The number of aromatic carboxylic acids is 1. The van der Waals surface area contributed by atoms with E-state index in [-0.39, 0.29) is 11.4 Å². The van der Waals surface area contributed by atoms with E-state index in [2.05, 4.69) is 30.7 Å². The Morgan fingerprint density at radius 1 is 1.35 bits per heavy atom. The lowest BCUT2D eigenvalue weighted by Gasteiger charge is -2.42. The molecule has 1 saturated heterocycles. The Hall–Kier alpha value is -1.46. The summed E-state index contributed by atoms with van der Waals surface area (Å²) >= 11 is 0. The Kier molecular flexibility index (Phi) is 4.40. The molecule has 110 valence electrons. The molecule has 2 atom stereocenters. The Labute approximate surface area is 118 Å². The monoisotopic (exact) mass is 280 g/mol. The first-order valence-electron chi connectivity index (χ1n) is 6.84. The van der Waals surface area contributed by atoms with Crippen molar-refractivity contribution < 1.29 is 14.3 Å². The Bertz CT molecular complexity index is 495. The highest BCUT2D eigenvalue weighted by Crippen LogP contribution is 2.18. The summed E-state index contributed by atoms with van der Waals surface area (Å²) < 4.78 is 13.8. The fourth-order valence-electron chi connectivity index (χ4n) is 2.71. The Morgan fingerprint density at radius 3 is 2.50 bits per heavy atom. The lowest BCUT2D eigenvalue weighted by atomic mass is 10.1. The normalized spacial score (nSPS) is 24.8. The van der Waals surface area contributed by atoms with Crippen LogP contribution in [-0.2, 0) is 6.54 Å². The largest absolute Gasteiger partial charge is 0.478 e. The third kappa shape index (κ3) is 3.16. The lowest BCUT2D eigenvalue weighted by Crippen LogP contribution is -2.54. The van der Waals surface area contributed by atoms with E-state index in [0.717, 1.165) is 13.1 Å². The Balaban J connectivity index is 2.14. The number of nitrogens with zero attached hydrogens (tertiary/aromatic N) is 2. The maximum Gasteiger partial charge on any atom is 0.335 e. The number of hydrogen-bond donors (Lipinski definition) is 1. The molecule has 1 fully saturated rings. The molecular weight excluding hydrogens is 259 g/mol. The van der Waals surface area contributed by atoms with Gasteiger partial charge in [0.2, 0.25) is 0 Å². The minimum absolute atomic E-state index is 0.136. The molecule has 0 bridgehead atoms. The van der Waals surface area contributed by atoms with Crippen molar-refractivity contribution in [1.82, 2.24) is 9.80 Å². The molecule has 20 heavy (non-hydrogen) atoms. The Morgan fingerprint density at radius 2 is 1.95 bits per heavy atom. The second-order valence-corrected chi connectivity index (χ2v) is 5.67. The quantitative estimate of drug-likeness (QED) is 0.920. The molecular formula is C15H21FN2O2. The number of hydrogen-bond acceptors (Lipinski definition) is 3. The van der Waals surface area contributed by atoms with Gasteiger partial charge in [0.15, 0.2) is 0 Å². The highest BCUT2D eigenvalue weighted by molar-refractivity contribution is 5.87. The van der Waals surface area contributed by atoms with Crippen LogP contribution in [0.3, 0.4) is 0 Å². The minimum Gasteiger partial charge on any atom is -0.478 e. The van der Waals surface area contributed by atoms with Crippen molar-refractivity contribution in [2.45, 2.75) is 32.5 Å². The van der Waals surface area contributed by atoms with Crippen molar-refractivity contribution in [3.05, 3.63) is 35.1 Å². The summed E-state index contributed by atoms with van der Waals surface area (Å²) in [5.41, 5.74) is 0.588. The number of carbonyl (C=O) groups is 1. The average molecular weight is 280 g/mol. The summed E-state index contributed by atoms with van der Waals surface area (Å²) in [6, 6.07) is 4.79. The first-order chi connectivity index (χ1) is 9.38. The van der Waals surface area contributed by atoms with Crippen molar-refractivity contribution in [2.75, 3.05) is 20.1 Å². The summed E-state index contributed by atoms with van der Waals surface area (Å²) in [5.74, 6) is -1.36. The standard InChI is InChI=1S/C15H21FN2O2/c1-10-7-18(8-11(2)17(10)3)9-13-6-12(15(19)20)4-5-14(13)16/h4-6,10-11H,7-9H2,1-3H3,(H,19,20). The van der Waals surface area contributed by atoms with E-state index in [0.29, 0.717) is 24.2 Å². The van der Waals surface area contributed by atoms with Crippen molar-refractivity contribution in [2.24, 2.45) is 0 Å². The van der Waals surface area contributed by atoms with E-state index in [9.17, 15) is 9.18 Å². The number of piperazine rings is 1. The third-order valence-corrected chi connectivity index (χ3v) is 4.12. The lowest BCUT2D eigenvalue weighted by molar-refractivity contribution is 0.0549. The minimum atomic E-state index is -1.02. The van der Waals surface area contributed by atoms with Crippen molar-refractivity contribution in [3.63, 3.8) is 0 Å². The molecule has 0 aromatic heterocycles. The molecule has 0 radical (unpaired) electrons. The van der Waals surface area contributed by atoms with E-state index in [1.165, 1.54) is 18.2 Å². The molecule has 1 heterocycles. The first-order valence-corrected chi connectivity index (χ1v) is 6.84. The topological polar surface area (TPSA) is 43.8 Å². The summed E-state index contributed by atoms with van der Waals surface area (Å²) in [6.07, 6.45) is 0. The summed E-state index contributed by atoms with van der Waals surface area (Å²) in [6.45, 7) is 6.46. The van der Waals surface area contributed by atoms with Gasteiger partial charge in [-0.15, -0.1) is 0 Å². The molecule has 1 aromatic carbocycles. The molecule has 1 N–H and O–H groups in total. The number of carboxylic acids is 1. The van der Waals surface area contributed by atoms with Gasteiger partial charge in [0.1, 0.15) is 5.82 Å². The first kappa shape index (κ1) is 14.9. The highest BCUT2D eigenvalue weighted by atomic mass is 19.1. The SMILES string of the molecule is CC1CN(Cc2cc(C(=O)O)ccc2F)CC(C)N1C. The smallest absolute Gasteiger partial charge is 0.335 e. The molecule has 4 nitrogen and oxygen atoms in total. The molecule has 2 rings (SSSR count). The van der Waals surface area contributed by atoms with Gasteiger partial charge in [-0.05, 0) is 39.1 Å². The molecule has 2 unspecified atom stereocenters.